The minimum atomic E-state index is 0.0587. The van der Waals surface area contributed by atoms with Gasteiger partial charge >= 0.3 is 0 Å². The molecule has 0 unspecified atom stereocenters. The summed E-state index contributed by atoms with van der Waals surface area (Å²) in [6, 6.07) is 4.23. The molecule has 0 aromatic heterocycles. The molecule has 0 radical (unpaired) electrons. The van der Waals surface area contributed by atoms with Crippen molar-refractivity contribution < 1.29 is 10.2 Å². The maximum absolute atomic E-state index is 8.94. The SMILES string of the molecule is CCNc1ccc(CC=CCO)c(CC=CCO)c1NCC. The number of rotatable bonds is 10. The van der Waals surface area contributed by atoms with Gasteiger partial charge in [0.25, 0.3) is 0 Å². The summed E-state index contributed by atoms with van der Waals surface area (Å²) in [7, 11) is 0. The van der Waals surface area contributed by atoms with Crippen molar-refractivity contribution in [1.29, 1.82) is 0 Å². The summed E-state index contributed by atoms with van der Waals surface area (Å²) < 4.78 is 0. The molecule has 4 N–H and O–H groups in total. The molecule has 0 fully saturated rings. The fraction of sp³-hybridized carbons (Fsp3) is 0.444. The summed E-state index contributed by atoms with van der Waals surface area (Å²) in [6.45, 7) is 6.01. The predicted molar refractivity (Wildman–Crippen MR) is 94.6 cm³/mol. The minimum absolute atomic E-state index is 0.0587. The summed E-state index contributed by atoms with van der Waals surface area (Å²) >= 11 is 0. The van der Waals surface area contributed by atoms with Gasteiger partial charge in [-0.1, -0.05) is 30.4 Å². The number of aliphatic hydroxyl groups excluding tert-OH is 2. The Balaban J connectivity index is 3.20. The van der Waals surface area contributed by atoms with Gasteiger partial charge in [-0.3, -0.25) is 0 Å². The molecular formula is C18H28N2O2. The lowest BCUT2D eigenvalue weighted by molar-refractivity contribution is 0.342. The second-order valence-electron chi connectivity index (χ2n) is 4.90. The first-order valence-corrected chi connectivity index (χ1v) is 7.92. The van der Waals surface area contributed by atoms with E-state index < -0.39 is 0 Å². The van der Waals surface area contributed by atoms with E-state index in [2.05, 4.69) is 36.6 Å². The molecule has 4 heteroatoms. The van der Waals surface area contributed by atoms with Gasteiger partial charge in [-0.2, -0.15) is 0 Å². The molecule has 0 bridgehead atoms. The van der Waals surface area contributed by atoms with Crippen LogP contribution in [0.25, 0.3) is 0 Å². The summed E-state index contributed by atoms with van der Waals surface area (Å²) in [5, 5.41) is 24.7. The number of allylic oxidation sites excluding steroid dienone is 2. The van der Waals surface area contributed by atoms with Crippen molar-refractivity contribution in [2.75, 3.05) is 36.9 Å². The first kappa shape index (κ1) is 18.3. The number of nitrogens with one attached hydrogen (secondary N) is 2. The summed E-state index contributed by atoms with van der Waals surface area (Å²) in [5.41, 5.74) is 4.69. The van der Waals surface area contributed by atoms with Crippen LogP contribution in [-0.4, -0.2) is 36.5 Å². The van der Waals surface area contributed by atoms with E-state index in [1.54, 1.807) is 12.2 Å². The van der Waals surface area contributed by atoms with Crippen LogP contribution >= 0.6 is 0 Å². The van der Waals surface area contributed by atoms with Gasteiger partial charge in [0.05, 0.1) is 24.6 Å². The Hall–Kier alpha value is -1.78. The second kappa shape index (κ2) is 10.9. The highest BCUT2D eigenvalue weighted by Gasteiger charge is 2.11. The van der Waals surface area contributed by atoms with Gasteiger partial charge in [0.1, 0.15) is 0 Å². The standard InChI is InChI=1S/C18H28N2O2/c1-3-19-17-12-11-15(9-5-7-13-21)16(10-6-8-14-22)18(17)20-4-2/h5-8,11-12,19-22H,3-4,9-10,13-14H2,1-2H3. The Morgan fingerprint density at radius 2 is 1.50 bits per heavy atom. The third kappa shape index (κ3) is 5.54. The number of anilines is 2. The van der Waals surface area contributed by atoms with E-state index in [1.807, 2.05) is 12.2 Å². The van der Waals surface area contributed by atoms with Crippen LogP contribution in [0.3, 0.4) is 0 Å². The molecule has 0 saturated heterocycles. The molecule has 0 aliphatic rings. The Morgan fingerprint density at radius 1 is 0.864 bits per heavy atom. The zero-order valence-electron chi connectivity index (χ0n) is 13.6. The van der Waals surface area contributed by atoms with Crippen LogP contribution in [0.1, 0.15) is 25.0 Å². The predicted octanol–water partition coefficient (Wildman–Crippen LogP) is 2.73. The Labute approximate surface area is 133 Å². The molecule has 0 heterocycles. The van der Waals surface area contributed by atoms with Crippen LogP contribution in [0.2, 0.25) is 0 Å². The lowest BCUT2D eigenvalue weighted by Gasteiger charge is -2.19. The fourth-order valence-electron chi connectivity index (χ4n) is 2.39. The van der Waals surface area contributed by atoms with Crippen LogP contribution in [0.15, 0.2) is 36.4 Å². The number of hydrogen-bond acceptors (Lipinski definition) is 4. The van der Waals surface area contributed by atoms with Crippen molar-refractivity contribution in [3.8, 4) is 0 Å². The van der Waals surface area contributed by atoms with Gasteiger partial charge in [-0.25, -0.2) is 0 Å². The molecular weight excluding hydrogens is 276 g/mol. The van der Waals surface area contributed by atoms with Crippen LogP contribution in [0.4, 0.5) is 11.4 Å². The molecule has 122 valence electrons. The Kier molecular flexibility index (Phi) is 9.03. The molecule has 1 aromatic rings. The van der Waals surface area contributed by atoms with Gasteiger partial charge in [0.2, 0.25) is 0 Å². The third-order valence-electron chi connectivity index (χ3n) is 3.33. The molecule has 0 aliphatic heterocycles. The average molecular weight is 304 g/mol. The zero-order chi connectivity index (χ0) is 16.2. The van der Waals surface area contributed by atoms with Crippen LogP contribution in [0.5, 0.6) is 0 Å². The highest BCUT2D eigenvalue weighted by atomic mass is 16.3. The van der Waals surface area contributed by atoms with Crippen LogP contribution in [-0.2, 0) is 12.8 Å². The van der Waals surface area contributed by atoms with Gasteiger partial charge in [0, 0.05) is 13.1 Å². The molecule has 4 nitrogen and oxygen atoms in total. The normalized spacial score (nSPS) is 11.5. The van der Waals surface area contributed by atoms with Gasteiger partial charge in [-0.15, -0.1) is 0 Å². The lowest BCUT2D eigenvalue weighted by atomic mass is 9.97. The maximum atomic E-state index is 8.94. The van der Waals surface area contributed by atoms with E-state index in [1.165, 1.54) is 11.1 Å². The van der Waals surface area contributed by atoms with E-state index in [9.17, 15) is 0 Å². The highest BCUT2D eigenvalue weighted by Crippen LogP contribution is 2.30. The van der Waals surface area contributed by atoms with Crippen molar-refractivity contribution in [3.63, 3.8) is 0 Å². The van der Waals surface area contributed by atoms with Crippen LogP contribution in [0, 0.1) is 0 Å². The van der Waals surface area contributed by atoms with Crippen molar-refractivity contribution in [1.82, 2.24) is 0 Å². The number of aliphatic hydroxyl groups is 2. The molecule has 0 saturated carbocycles. The van der Waals surface area contributed by atoms with Gasteiger partial charge < -0.3 is 20.8 Å². The van der Waals surface area contributed by atoms with Crippen molar-refractivity contribution >= 4 is 11.4 Å². The van der Waals surface area contributed by atoms with Crippen molar-refractivity contribution in [3.05, 3.63) is 47.6 Å². The maximum Gasteiger partial charge on any atom is 0.0614 e. The van der Waals surface area contributed by atoms with Crippen molar-refractivity contribution in [2.45, 2.75) is 26.7 Å². The molecule has 1 aromatic carbocycles. The van der Waals surface area contributed by atoms with Crippen LogP contribution < -0.4 is 10.6 Å². The lowest BCUT2D eigenvalue weighted by Crippen LogP contribution is -2.09. The van der Waals surface area contributed by atoms with E-state index in [0.717, 1.165) is 37.3 Å². The molecule has 0 spiro atoms. The number of benzene rings is 1. The first-order chi connectivity index (χ1) is 10.8. The van der Waals surface area contributed by atoms with E-state index in [-0.39, 0.29) is 13.2 Å². The molecule has 0 atom stereocenters. The molecule has 0 amide bonds. The average Bonchev–Trinajstić information content (AvgIpc) is 2.52. The first-order valence-electron chi connectivity index (χ1n) is 7.92. The minimum Gasteiger partial charge on any atom is -0.392 e. The molecule has 22 heavy (non-hydrogen) atoms. The zero-order valence-corrected chi connectivity index (χ0v) is 13.6. The summed E-state index contributed by atoms with van der Waals surface area (Å²) in [6.07, 6.45) is 9.06. The Morgan fingerprint density at radius 3 is 2.09 bits per heavy atom. The summed E-state index contributed by atoms with van der Waals surface area (Å²) in [4.78, 5) is 0. The quantitative estimate of drug-likeness (QED) is 0.502. The third-order valence-corrected chi connectivity index (χ3v) is 3.33. The van der Waals surface area contributed by atoms with E-state index in [0.29, 0.717) is 0 Å². The van der Waals surface area contributed by atoms with Gasteiger partial charge in [0.15, 0.2) is 0 Å². The highest BCUT2D eigenvalue weighted by molar-refractivity contribution is 5.74. The topological polar surface area (TPSA) is 64.5 Å². The largest absolute Gasteiger partial charge is 0.392 e. The van der Waals surface area contributed by atoms with Gasteiger partial charge in [-0.05, 0) is 43.9 Å². The summed E-state index contributed by atoms with van der Waals surface area (Å²) in [5.74, 6) is 0. The van der Waals surface area contributed by atoms with E-state index in [4.69, 9.17) is 10.2 Å². The smallest absolute Gasteiger partial charge is 0.0614 e. The van der Waals surface area contributed by atoms with E-state index >= 15 is 0 Å². The second-order valence-corrected chi connectivity index (χ2v) is 4.90. The number of hydrogen-bond donors (Lipinski definition) is 4. The monoisotopic (exact) mass is 304 g/mol. The fourth-order valence-corrected chi connectivity index (χ4v) is 2.39. The molecule has 0 aliphatic carbocycles. The Bertz CT molecular complexity index is 496. The molecule has 1 rings (SSSR count). The van der Waals surface area contributed by atoms with Crippen molar-refractivity contribution in [2.24, 2.45) is 0 Å².